The lowest BCUT2D eigenvalue weighted by Crippen LogP contribution is -2.29. The minimum atomic E-state index is -0.418. The Labute approximate surface area is 166 Å². The van der Waals surface area contributed by atoms with Crippen molar-refractivity contribution in [3.63, 3.8) is 0 Å². The predicted octanol–water partition coefficient (Wildman–Crippen LogP) is 3.12. The minimum absolute atomic E-state index is 0.228. The summed E-state index contributed by atoms with van der Waals surface area (Å²) in [4.78, 5) is 25.4. The van der Waals surface area contributed by atoms with E-state index in [1.807, 2.05) is 13.0 Å². The standard InChI is InChI=1S/C16H15Br2N7O/c1-9(22-14(26)10-6-11(17)8-12(18)7-10)13-23-15(19-2)24-25(13)16-20-4-3-5-21-16/h3-9H,1-2H3,(H,19,24)(H,22,26). The lowest BCUT2D eigenvalue weighted by atomic mass is 10.2. The van der Waals surface area contributed by atoms with Gasteiger partial charge in [-0.05, 0) is 31.2 Å². The first kappa shape index (κ1) is 18.5. The van der Waals surface area contributed by atoms with Gasteiger partial charge in [0.25, 0.3) is 11.9 Å². The molecule has 0 aliphatic heterocycles. The van der Waals surface area contributed by atoms with Crippen LogP contribution >= 0.6 is 31.9 Å². The molecule has 0 saturated heterocycles. The number of aromatic nitrogens is 5. The molecule has 0 aliphatic rings. The largest absolute Gasteiger partial charge is 0.356 e. The Morgan fingerprint density at radius 2 is 1.81 bits per heavy atom. The number of anilines is 1. The van der Waals surface area contributed by atoms with Gasteiger partial charge in [0.2, 0.25) is 5.95 Å². The maximum atomic E-state index is 12.6. The summed E-state index contributed by atoms with van der Waals surface area (Å²) in [6.07, 6.45) is 3.24. The molecule has 0 radical (unpaired) electrons. The fraction of sp³-hybridized carbons (Fsp3) is 0.188. The number of amides is 1. The highest BCUT2D eigenvalue weighted by Gasteiger charge is 2.21. The Morgan fingerprint density at radius 3 is 2.42 bits per heavy atom. The van der Waals surface area contributed by atoms with Gasteiger partial charge in [-0.25, -0.2) is 9.97 Å². The van der Waals surface area contributed by atoms with Crippen LogP contribution in [0.3, 0.4) is 0 Å². The van der Waals surface area contributed by atoms with Gasteiger partial charge in [0.1, 0.15) is 0 Å². The summed E-state index contributed by atoms with van der Waals surface area (Å²) in [6, 6.07) is 6.66. The Hall–Kier alpha value is -2.33. The van der Waals surface area contributed by atoms with E-state index in [4.69, 9.17) is 0 Å². The second kappa shape index (κ2) is 7.92. The van der Waals surface area contributed by atoms with E-state index >= 15 is 0 Å². The van der Waals surface area contributed by atoms with Crippen LogP contribution in [0.15, 0.2) is 45.6 Å². The molecule has 0 bridgehead atoms. The smallest absolute Gasteiger partial charge is 0.252 e. The third-order valence-electron chi connectivity index (χ3n) is 3.46. The van der Waals surface area contributed by atoms with Gasteiger partial charge in [0.15, 0.2) is 5.82 Å². The molecular weight excluding hydrogens is 466 g/mol. The normalized spacial score (nSPS) is 11.8. The first-order chi connectivity index (χ1) is 12.5. The molecule has 3 aromatic rings. The molecular formula is C16H15Br2N7O. The van der Waals surface area contributed by atoms with Crippen molar-refractivity contribution in [3.8, 4) is 5.95 Å². The van der Waals surface area contributed by atoms with Crippen LogP contribution in [0, 0.1) is 0 Å². The van der Waals surface area contributed by atoms with E-state index in [-0.39, 0.29) is 5.91 Å². The molecule has 8 nitrogen and oxygen atoms in total. The summed E-state index contributed by atoms with van der Waals surface area (Å²) >= 11 is 6.77. The molecule has 1 unspecified atom stereocenters. The number of nitrogens with one attached hydrogen (secondary N) is 2. The molecule has 2 aromatic heterocycles. The van der Waals surface area contributed by atoms with Crippen LogP contribution < -0.4 is 10.6 Å². The van der Waals surface area contributed by atoms with Crippen molar-refractivity contribution >= 4 is 43.7 Å². The quantitative estimate of drug-likeness (QED) is 0.582. The fourth-order valence-corrected chi connectivity index (χ4v) is 3.58. The Morgan fingerprint density at radius 1 is 1.15 bits per heavy atom. The summed E-state index contributed by atoms with van der Waals surface area (Å²) in [5, 5.41) is 10.1. The van der Waals surface area contributed by atoms with Crippen molar-refractivity contribution in [2.24, 2.45) is 0 Å². The van der Waals surface area contributed by atoms with Crippen LogP contribution in [0.25, 0.3) is 5.95 Å². The minimum Gasteiger partial charge on any atom is -0.356 e. The van der Waals surface area contributed by atoms with Crippen molar-refractivity contribution in [2.45, 2.75) is 13.0 Å². The molecule has 10 heteroatoms. The highest BCUT2D eigenvalue weighted by atomic mass is 79.9. The number of halogens is 2. The van der Waals surface area contributed by atoms with E-state index in [0.717, 1.165) is 8.95 Å². The summed E-state index contributed by atoms with van der Waals surface area (Å²) < 4.78 is 3.12. The summed E-state index contributed by atoms with van der Waals surface area (Å²) in [7, 11) is 1.72. The zero-order valence-electron chi connectivity index (χ0n) is 13.9. The molecule has 26 heavy (non-hydrogen) atoms. The predicted molar refractivity (Wildman–Crippen MR) is 104 cm³/mol. The summed E-state index contributed by atoms with van der Waals surface area (Å²) in [6.45, 7) is 1.83. The average molecular weight is 481 g/mol. The van der Waals surface area contributed by atoms with Gasteiger partial charge in [-0.1, -0.05) is 31.9 Å². The SMILES string of the molecule is CNc1nc(C(C)NC(=O)c2cc(Br)cc(Br)c2)n(-c2ncccn2)n1. The van der Waals surface area contributed by atoms with E-state index < -0.39 is 6.04 Å². The molecule has 0 saturated carbocycles. The van der Waals surface area contributed by atoms with Crippen LogP contribution in [0.4, 0.5) is 5.95 Å². The number of carbonyl (C=O) groups excluding carboxylic acids is 1. The van der Waals surface area contributed by atoms with Gasteiger partial charge in [0.05, 0.1) is 6.04 Å². The van der Waals surface area contributed by atoms with Crippen LogP contribution in [-0.4, -0.2) is 37.7 Å². The van der Waals surface area contributed by atoms with Crippen LogP contribution in [0.2, 0.25) is 0 Å². The highest BCUT2D eigenvalue weighted by molar-refractivity contribution is 9.11. The molecule has 3 rings (SSSR count). The van der Waals surface area contributed by atoms with Gasteiger partial charge in [-0.2, -0.15) is 9.67 Å². The number of hydrogen-bond donors (Lipinski definition) is 2. The third-order valence-corrected chi connectivity index (χ3v) is 4.37. The zero-order chi connectivity index (χ0) is 18.7. The highest BCUT2D eigenvalue weighted by Crippen LogP contribution is 2.21. The first-order valence-electron chi connectivity index (χ1n) is 7.67. The number of nitrogens with zero attached hydrogens (tertiary/aromatic N) is 5. The van der Waals surface area contributed by atoms with Crippen LogP contribution in [-0.2, 0) is 0 Å². The van der Waals surface area contributed by atoms with Crippen molar-refractivity contribution in [3.05, 3.63) is 57.0 Å². The zero-order valence-corrected chi connectivity index (χ0v) is 17.1. The number of hydrogen-bond acceptors (Lipinski definition) is 6. The van der Waals surface area contributed by atoms with Crippen molar-refractivity contribution in [2.75, 3.05) is 12.4 Å². The average Bonchev–Trinajstić information content (AvgIpc) is 3.06. The van der Waals surface area contributed by atoms with Gasteiger partial charge < -0.3 is 10.6 Å². The number of rotatable bonds is 5. The second-order valence-corrected chi connectivity index (χ2v) is 7.19. The van der Waals surface area contributed by atoms with Gasteiger partial charge in [-0.15, -0.1) is 5.10 Å². The monoisotopic (exact) mass is 479 g/mol. The van der Waals surface area contributed by atoms with Crippen LogP contribution in [0.1, 0.15) is 29.1 Å². The van der Waals surface area contributed by atoms with E-state index in [1.165, 1.54) is 4.68 Å². The van der Waals surface area contributed by atoms with E-state index in [9.17, 15) is 4.79 Å². The number of benzene rings is 1. The molecule has 1 aromatic carbocycles. The van der Waals surface area contributed by atoms with Gasteiger partial charge >= 0.3 is 0 Å². The summed E-state index contributed by atoms with van der Waals surface area (Å²) in [5.41, 5.74) is 0.522. The topological polar surface area (TPSA) is 97.6 Å². The Kier molecular flexibility index (Phi) is 5.62. The maximum Gasteiger partial charge on any atom is 0.252 e. The Bertz CT molecular complexity index is 909. The van der Waals surface area contributed by atoms with E-state index in [1.54, 1.807) is 37.6 Å². The lowest BCUT2D eigenvalue weighted by molar-refractivity contribution is 0.0937. The Balaban J connectivity index is 1.89. The molecule has 0 aliphatic carbocycles. The van der Waals surface area contributed by atoms with E-state index in [0.29, 0.717) is 23.3 Å². The molecule has 0 spiro atoms. The third kappa shape index (κ3) is 4.07. The van der Waals surface area contributed by atoms with Gasteiger partial charge in [0, 0.05) is 34.0 Å². The molecule has 1 amide bonds. The maximum absolute atomic E-state index is 12.6. The number of carbonyl (C=O) groups is 1. The fourth-order valence-electron chi connectivity index (χ4n) is 2.29. The molecule has 2 heterocycles. The molecule has 134 valence electrons. The first-order valence-corrected chi connectivity index (χ1v) is 9.25. The summed E-state index contributed by atoms with van der Waals surface area (Å²) in [5.74, 6) is 1.08. The van der Waals surface area contributed by atoms with Crippen molar-refractivity contribution in [1.82, 2.24) is 30.0 Å². The molecule has 2 N–H and O–H groups in total. The van der Waals surface area contributed by atoms with Crippen LogP contribution in [0.5, 0.6) is 0 Å². The second-order valence-electron chi connectivity index (χ2n) is 5.36. The van der Waals surface area contributed by atoms with Gasteiger partial charge in [-0.3, -0.25) is 4.79 Å². The van der Waals surface area contributed by atoms with E-state index in [2.05, 4.69) is 62.5 Å². The molecule has 0 fully saturated rings. The lowest BCUT2D eigenvalue weighted by Gasteiger charge is -2.14. The molecule has 1 atom stereocenters. The van der Waals surface area contributed by atoms with Crippen molar-refractivity contribution < 1.29 is 4.79 Å². The van der Waals surface area contributed by atoms with Crippen molar-refractivity contribution in [1.29, 1.82) is 0 Å².